The van der Waals surface area contributed by atoms with E-state index in [2.05, 4.69) is 47.9 Å². The van der Waals surface area contributed by atoms with Gasteiger partial charge in [-0.3, -0.25) is 4.90 Å². The van der Waals surface area contributed by atoms with Crippen molar-refractivity contribution in [2.75, 3.05) is 26.3 Å². The predicted molar refractivity (Wildman–Crippen MR) is 109 cm³/mol. The second kappa shape index (κ2) is 10.8. The van der Waals surface area contributed by atoms with E-state index in [0.29, 0.717) is 6.04 Å². The highest BCUT2D eigenvalue weighted by Gasteiger charge is 2.28. The third kappa shape index (κ3) is 5.86. The molecule has 1 saturated heterocycles. The van der Waals surface area contributed by atoms with E-state index in [9.17, 15) is 0 Å². The molecule has 1 atom stereocenters. The Morgan fingerprint density at radius 1 is 1.04 bits per heavy atom. The Balaban J connectivity index is 1.66. The highest BCUT2D eigenvalue weighted by Crippen LogP contribution is 2.29. The number of rotatable bonds is 6. The molecule has 1 saturated carbocycles. The topological polar surface area (TPSA) is 12.5 Å². The van der Waals surface area contributed by atoms with E-state index in [1.54, 1.807) is 0 Å². The highest BCUT2D eigenvalue weighted by atomic mass is 16.5. The molecule has 2 fully saturated rings. The first-order chi connectivity index (χ1) is 12.9. The monoisotopic (exact) mass is 353 g/mol. The molecule has 26 heavy (non-hydrogen) atoms. The van der Waals surface area contributed by atoms with Crippen LogP contribution in [0.15, 0.2) is 24.3 Å². The molecular weight excluding hydrogens is 318 g/mol. The van der Waals surface area contributed by atoms with Crippen molar-refractivity contribution in [3.63, 3.8) is 0 Å². The number of morpholine rings is 1. The van der Waals surface area contributed by atoms with Gasteiger partial charge >= 0.3 is 0 Å². The number of ether oxygens (including phenoxy) is 1. The van der Waals surface area contributed by atoms with Gasteiger partial charge in [-0.05, 0) is 49.3 Å². The van der Waals surface area contributed by atoms with Gasteiger partial charge in [-0.1, -0.05) is 63.0 Å². The molecule has 1 unspecified atom stereocenters. The van der Waals surface area contributed by atoms with Gasteiger partial charge in [0.15, 0.2) is 0 Å². The average molecular weight is 354 g/mol. The maximum Gasteiger partial charge on any atom is 0.0748 e. The van der Waals surface area contributed by atoms with Gasteiger partial charge in [0, 0.05) is 18.7 Å². The largest absolute Gasteiger partial charge is 0.379 e. The van der Waals surface area contributed by atoms with Crippen molar-refractivity contribution < 1.29 is 4.74 Å². The van der Waals surface area contributed by atoms with Crippen molar-refractivity contribution in [1.82, 2.24) is 4.90 Å². The summed E-state index contributed by atoms with van der Waals surface area (Å²) in [7, 11) is 0. The van der Waals surface area contributed by atoms with Crippen LogP contribution in [0.3, 0.4) is 0 Å². The number of hydrogen-bond acceptors (Lipinski definition) is 2. The first kappa shape index (κ1) is 19.5. The van der Waals surface area contributed by atoms with Crippen LogP contribution < -0.4 is 0 Å². The minimum atomic E-state index is 0.406. The SMILES string of the molecule is CCCCCc1ccc(C#CC(C2CCCCC2)N2CCOCC2)cc1. The van der Waals surface area contributed by atoms with E-state index in [4.69, 9.17) is 4.74 Å². The summed E-state index contributed by atoms with van der Waals surface area (Å²) in [4.78, 5) is 2.58. The molecule has 1 heterocycles. The summed E-state index contributed by atoms with van der Waals surface area (Å²) in [6.45, 7) is 6.04. The molecule has 1 aliphatic heterocycles. The quantitative estimate of drug-likeness (QED) is 0.524. The standard InChI is InChI=1S/C24H35NO/c1-2-3-5-8-21-11-13-22(14-12-21)15-16-24(23-9-6-4-7-10-23)25-17-19-26-20-18-25/h11-14,23-24H,2-10,17-20H2,1H3. The molecule has 2 heteroatoms. The summed E-state index contributed by atoms with van der Waals surface area (Å²) in [5.41, 5.74) is 2.61. The van der Waals surface area contributed by atoms with Crippen LogP contribution in [0.25, 0.3) is 0 Å². The summed E-state index contributed by atoms with van der Waals surface area (Å²) < 4.78 is 5.56. The fourth-order valence-electron chi connectivity index (χ4n) is 4.30. The van der Waals surface area contributed by atoms with Crippen molar-refractivity contribution in [2.24, 2.45) is 5.92 Å². The third-order valence-electron chi connectivity index (χ3n) is 5.92. The molecule has 0 bridgehead atoms. The first-order valence-electron chi connectivity index (χ1n) is 10.8. The van der Waals surface area contributed by atoms with Crippen molar-refractivity contribution in [2.45, 2.75) is 70.8 Å². The van der Waals surface area contributed by atoms with Crippen LogP contribution in [0.1, 0.15) is 69.4 Å². The fraction of sp³-hybridized carbons (Fsp3) is 0.667. The van der Waals surface area contributed by atoms with Gasteiger partial charge in [0.25, 0.3) is 0 Å². The zero-order valence-electron chi connectivity index (χ0n) is 16.5. The van der Waals surface area contributed by atoms with Gasteiger partial charge < -0.3 is 4.74 Å². The Hall–Kier alpha value is -1.30. The van der Waals surface area contributed by atoms with Crippen molar-refractivity contribution in [1.29, 1.82) is 0 Å². The molecule has 1 aliphatic carbocycles. The smallest absolute Gasteiger partial charge is 0.0748 e. The Morgan fingerprint density at radius 2 is 1.77 bits per heavy atom. The lowest BCUT2D eigenvalue weighted by Crippen LogP contribution is -2.46. The van der Waals surface area contributed by atoms with E-state index in [1.165, 1.54) is 68.9 Å². The van der Waals surface area contributed by atoms with Crippen molar-refractivity contribution in [3.05, 3.63) is 35.4 Å². The molecule has 3 rings (SSSR count). The first-order valence-corrected chi connectivity index (χ1v) is 10.8. The van der Waals surface area contributed by atoms with Crippen molar-refractivity contribution in [3.8, 4) is 11.8 Å². The maximum absolute atomic E-state index is 5.56. The normalized spacial score (nSPS) is 20.3. The van der Waals surface area contributed by atoms with Gasteiger partial charge in [-0.15, -0.1) is 0 Å². The summed E-state index contributed by atoms with van der Waals surface area (Å²) >= 11 is 0. The maximum atomic E-state index is 5.56. The summed E-state index contributed by atoms with van der Waals surface area (Å²) in [5.74, 6) is 7.91. The van der Waals surface area contributed by atoms with Gasteiger partial charge in [0.2, 0.25) is 0 Å². The molecule has 2 nitrogen and oxygen atoms in total. The molecule has 0 amide bonds. The summed E-state index contributed by atoms with van der Waals surface area (Å²) in [5, 5.41) is 0. The van der Waals surface area contributed by atoms with Crippen LogP contribution in [-0.4, -0.2) is 37.2 Å². The molecular formula is C24H35NO. The van der Waals surface area contributed by atoms with E-state index >= 15 is 0 Å². The molecule has 1 aromatic rings. The van der Waals surface area contributed by atoms with Gasteiger partial charge in [0.05, 0.1) is 19.3 Å². The lowest BCUT2D eigenvalue weighted by atomic mass is 9.83. The number of unbranched alkanes of at least 4 members (excludes halogenated alkanes) is 2. The lowest BCUT2D eigenvalue weighted by Gasteiger charge is -2.37. The Morgan fingerprint density at radius 3 is 2.46 bits per heavy atom. The van der Waals surface area contributed by atoms with Gasteiger partial charge in [-0.2, -0.15) is 0 Å². The Kier molecular flexibility index (Phi) is 8.05. The second-order valence-electron chi connectivity index (χ2n) is 7.91. The van der Waals surface area contributed by atoms with Crippen LogP contribution in [0.2, 0.25) is 0 Å². The molecule has 0 aromatic heterocycles. The Labute approximate surface area is 160 Å². The molecule has 0 radical (unpaired) electrons. The van der Waals surface area contributed by atoms with Gasteiger partial charge in [0.1, 0.15) is 0 Å². The highest BCUT2D eigenvalue weighted by molar-refractivity contribution is 5.37. The van der Waals surface area contributed by atoms with Crippen LogP contribution in [-0.2, 0) is 11.2 Å². The zero-order valence-corrected chi connectivity index (χ0v) is 16.5. The van der Waals surface area contributed by atoms with E-state index in [0.717, 1.165) is 32.2 Å². The third-order valence-corrected chi connectivity index (χ3v) is 5.92. The predicted octanol–water partition coefficient (Wildman–Crippen LogP) is 5.05. The average Bonchev–Trinajstić information content (AvgIpc) is 2.71. The van der Waals surface area contributed by atoms with Crippen molar-refractivity contribution >= 4 is 0 Å². The number of hydrogen-bond donors (Lipinski definition) is 0. The molecule has 2 aliphatic rings. The molecule has 142 valence electrons. The van der Waals surface area contributed by atoms with E-state index in [1.807, 2.05) is 0 Å². The van der Waals surface area contributed by atoms with Crippen LogP contribution in [0, 0.1) is 17.8 Å². The lowest BCUT2D eigenvalue weighted by molar-refractivity contribution is 0.0125. The molecule has 1 aromatic carbocycles. The van der Waals surface area contributed by atoms with Crippen LogP contribution >= 0.6 is 0 Å². The summed E-state index contributed by atoms with van der Waals surface area (Å²) in [6.07, 6.45) is 11.9. The fourth-order valence-corrected chi connectivity index (χ4v) is 4.30. The number of nitrogens with zero attached hydrogens (tertiary/aromatic N) is 1. The van der Waals surface area contributed by atoms with Crippen LogP contribution in [0.5, 0.6) is 0 Å². The van der Waals surface area contributed by atoms with E-state index < -0.39 is 0 Å². The zero-order chi connectivity index (χ0) is 18.0. The minimum Gasteiger partial charge on any atom is -0.379 e. The summed E-state index contributed by atoms with van der Waals surface area (Å²) in [6, 6.07) is 9.37. The molecule has 0 N–H and O–H groups in total. The minimum absolute atomic E-state index is 0.406. The second-order valence-corrected chi connectivity index (χ2v) is 7.91. The molecule has 0 spiro atoms. The number of aryl methyl sites for hydroxylation is 1. The Bertz CT molecular complexity index is 552. The van der Waals surface area contributed by atoms with Crippen LogP contribution in [0.4, 0.5) is 0 Å². The number of benzene rings is 1. The van der Waals surface area contributed by atoms with Gasteiger partial charge in [-0.25, -0.2) is 0 Å². The van der Waals surface area contributed by atoms with E-state index in [-0.39, 0.29) is 0 Å².